The lowest BCUT2D eigenvalue weighted by Crippen LogP contribution is -2.27. The van der Waals surface area contributed by atoms with Crippen molar-refractivity contribution in [2.45, 2.75) is 32.4 Å². The Hall–Kier alpha value is -3.92. The summed E-state index contributed by atoms with van der Waals surface area (Å²) in [5.41, 5.74) is 2.63. The van der Waals surface area contributed by atoms with E-state index in [0.717, 1.165) is 11.1 Å². The number of nitriles is 1. The van der Waals surface area contributed by atoms with Gasteiger partial charge in [-0.3, -0.25) is 9.59 Å². The quantitative estimate of drug-likeness (QED) is 0.671. The molecule has 1 atom stereocenters. The standard InChI is InChI=1S/C24H23N5O2/c1-17(30)27-22-14-26-23(29(22)16-20-9-7-18(13-25)8-10-20)21-11-12-28(24(21)31)15-19-5-3-2-4-6-19/h2-10,14,21H,11-12,15-16H2,1H3,(H,27,30)/t21-/m0/s1. The molecule has 0 saturated carbocycles. The number of hydrogen-bond donors (Lipinski definition) is 1. The summed E-state index contributed by atoms with van der Waals surface area (Å²) in [4.78, 5) is 31.2. The number of carbonyl (C=O) groups excluding carboxylic acids is 2. The molecule has 2 heterocycles. The maximum atomic E-state index is 13.2. The van der Waals surface area contributed by atoms with Gasteiger partial charge in [-0.1, -0.05) is 42.5 Å². The normalized spacial score (nSPS) is 15.7. The summed E-state index contributed by atoms with van der Waals surface area (Å²) in [6.07, 6.45) is 2.28. The average Bonchev–Trinajstić information content (AvgIpc) is 3.32. The summed E-state index contributed by atoms with van der Waals surface area (Å²) < 4.78 is 1.89. The second-order valence-corrected chi connectivity index (χ2v) is 7.66. The third-order valence-electron chi connectivity index (χ3n) is 5.44. The van der Waals surface area contributed by atoms with Gasteiger partial charge in [0.25, 0.3) is 0 Å². The monoisotopic (exact) mass is 413 g/mol. The van der Waals surface area contributed by atoms with Crippen molar-refractivity contribution in [3.05, 3.63) is 83.3 Å². The first kappa shape index (κ1) is 20.4. The third-order valence-corrected chi connectivity index (χ3v) is 5.44. The van der Waals surface area contributed by atoms with E-state index in [-0.39, 0.29) is 17.7 Å². The van der Waals surface area contributed by atoms with Gasteiger partial charge in [-0.25, -0.2) is 4.98 Å². The first-order valence-electron chi connectivity index (χ1n) is 10.2. The fraction of sp³-hybridized carbons (Fsp3) is 0.250. The van der Waals surface area contributed by atoms with Gasteiger partial charge in [0, 0.05) is 20.0 Å². The minimum atomic E-state index is -0.357. The van der Waals surface area contributed by atoms with Crippen LogP contribution in [-0.4, -0.2) is 32.8 Å². The highest BCUT2D eigenvalue weighted by molar-refractivity contribution is 5.88. The SMILES string of the molecule is CC(=O)Nc1cnc([C@@H]2CCN(Cc3ccccc3)C2=O)n1Cc1ccc(C#N)cc1. The minimum Gasteiger partial charge on any atom is -0.338 e. The Bertz CT molecular complexity index is 1130. The molecule has 1 aliphatic heterocycles. The van der Waals surface area contributed by atoms with E-state index >= 15 is 0 Å². The van der Waals surface area contributed by atoms with Crippen LogP contribution < -0.4 is 5.32 Å². The van der Waals surface area contributed by atoms with E-state index in [9.17, 15) is 9.59 Å². The van der Waals surface area contributed by atoms with Gasteiger partial charge in [-0.15, -0.1) is 0 Å². The number of amides is 2. The number of imidazole rings is 1. The maximum absolute atomic E-state index is 13.2. The van der Waals surface area contributed by atoms with Crippen LogP contribution in [0.2, 0.25) is 0 Å². The zero-order chi connectivity index (χ0) is 21.8. The van der Waals surface area contributed by atoms with Gasteiger partial charge in [-0.05, 0) is 29.7 Å². The Morgan fingerprint density at radius 2 is 1.84 bits per heavy atom. The second kappa shape index (κ2) is 8.84. The van der Waals surface area contributed by atoms with E-state index in [1.54, 1.807) is 18.3 Å². The summed E-state index contributed by atoms with van der Waals surface area (Å²) >= 11 is 0. The van der Waals surface area contributed by atoms with Gasteiger partial charge in [0.05, 0.1) is 30.3 Å². The molecule has 7 heteroatoms. The van der Waals surface area contributed by atoms with Gasteiger partial charge in [0.2, 0.25) is 11.8 Å². The molecule has 3 aromatic rings. The Balaban J connectivity index is 1.60. The number of aromatic nitrogens is 2. The molecule has 1 saturated heterocycles. The van der Waals surface area contributed by atoms with E-state index < -0.39 is 0 Å². The van der Waals surface area contributed by atoms with Gasteiger partial charge in [-0.2, -0.15) is 5.26 Å². The Morgan fingerprint density at radius 3 is 2.52 bits per heavy atom. The van der Waals surface area contributed by atoms with Crippen LogP contribution in [0.5, 0.6) is 0 Å². The highest BCUT2D eigenvalue weighted by Gasteiger charge is 2.36. The number of hydrogen-bond acceptors (Lipinski definition) is 4. The largest absolute Gasteiger partial charge is 0.338 e. The van der Waals surface area contributed by atoms with Crippen LogP contribution >= 0.6 is 0 Å². The number of benzene rings is 2. The Morgan fingerprint density at radius 1 is 1.13 bits per heavy atom. The molecule has 1 N–H and O–H groups in total. The number of nitrogens with zero attached hydrogens (tertiary/aromatic N) is 4. The summed E-state index contributed by atoms with van der Waals surface area (Å²) in [6.45, 7) is 3.13. The van der Waals surface area contributed by atoms with E-state index in [4.69, 9.17) is 5.26 Å². The molecule has 0 unspecified atom stereocenters. The van der Waals surface area contributed by atoms with Crippen molar-refractivity contribution in [1.29, 1.82) is 5.26 Å². The lowest BCUT2D eigenvalue weighted by atomic mass is 10.1. The van der Waals surface area contributed by atoms with E-state index in [0.29, 0.717) is 43.3 Å². The van der Waals surface area contributed by atoms with Crippen LogP contribution in [0.4, 0.5) is 5.82 Å². The van der Waals surface area contributed by atoms with Gasteiger partial charge in [0.15, 0.2) is 0 Å². The topological polar surface area (TPSA) is 91.0 Å². The molecule has 2 aromatic carbocycles. The molecule has 31 heavy (non-hydrogen) atoms. The summed E-state index contributed by atoms with van der Waals surface area (Å²) in [5.74, 6) is 0.695. The minimum absolute atomic E-state index is 0.0462. The summed E-state index contributed by atoms with van der Waals surface area (Å²) in [7, 11) is 0. The first-order valence-corrected chi connectivity index (χ1v) is 10.2. The molecule has 2 amide bonds. The molecule has 0 bridgehead atoms. The summed E-state index contributed by atoms with van der Waals surface area (Å²) in [5, 5.41) is 11.8. The van der Waals surface area contributed by atoms with Crippen LogP contribution in [-0.2, 0) is 22.7 Å². The number of rotatable bonds is 6. The zero-order valence-corrected chi connectivity index (χ0v) is 17.3. The molecule has 0 spiro atoms. The van der Waals surface area contributed by atoms with Crippen molar-refractivity contribution < 1.29 is 9.59 Å². The van der Waals surface area contributed by atoms with E-state index in [2.05, 4.69) is 16.4 Å². The first-order chi connectivity index (χ1) is 15.0. The van der Waals surface area contributed by atoms with Crippen molar-refractivity contribution in [3.63, 3.8) is 0 Å². The highest BCUT2D eigenvalue weighted by Crippen LogP contribution is 2.31. The molecular formula is C24H23N5O2. The number of anilines is 1. The predicted octanol–water partition coefficient (Wildman–Crippen LogP) is 3.28. The summed E-state index contributed by atoms with van der Waals surface area (Å²) in [6, 6.07) is 19.3. The smallest absolute Gasteiger partial charge is 0.233 e. The number of nitrogens with one attached hydrogen (secondary N) is 1. The van der Waals surface area contributed by atoms with Crippen LogP contribution in [0.15, 0.2) is 60.8 Å². The van der Waals surface area contributed by atoms with E-state index in [1.807, 2.05) is 51.9 Å². The van der Waals surface area contributed by atoms with Gasteiger partial charge in [0.1, 0.15) is 11.6 Å². The molecule has 0 aliphatic carbocycles. The third kappa shape index (κ3) is 4.48. The van der Waals surface area contributed by atoms with Crippen LogP contribution in [0.1, 0.15) is 41.8 Å². The molecule has 0 radical (unpaired) electrons. The van der Waals surface area contributed by atoms with Crippen molar-refractivity contribution in [3.8, 4) is 6.07 Å². The van der Waals surface area contributed by atoms with Crippen LogP contribution in [0.25, 0.3) is 0 Å². The molecule has 1 aliphatic rings. The van der Waals surface area contributed by atoms with Gasteiger partial charge < -0.3 is 14.8 Å². The molecular weight excluding hydrogens is 390 g/mol. The maximum Gasteiger partial charge on any atom is 0.233 e. The molecule has 1 aromatic heterocycles. The van der Waals surface area contributed by atoms with E-state index in [1.165, 1.54) is 6.92 Å². The molecule has 7 nitrogen and oxygen atoms in total. The molecule has 1 fully saturated rings. The fourth-order valence-corrected chi connectivity index (χ4v) is 3.92. The van der Waals surface area contributed by atoms with Crippen molar-refractivity contribution >= 4 is 17.6 Å². The highest BCUT2D eigenvalue weighted by atomic mass is 16.2. The molecule has 4 rings (SSSR count). The van der Waals surface area contributed by atoms with Crippen molar-refractivity contribution in [1.82, 2.24) is 14.5 Å². The Labute approximate surface area is 180 Å². The number of likely N-dealkylation sites (tertiary alicyclic amines) is 1. The van der Waals surface area contributed by atoms with Crippen LogP contribution in [0.3, 0.4) is 0 Å². The predicted molar refractivity (Wildman–Crippen MR) is 116 cm³/mol. The number of carbonyl (C=O) groups is 2. The Kier molecular flexibility index (Phi) is 5.80. The van der Waals surface area contributed by atoms with Crippen LogP contribution in [0, 0.1) is 11.3 Å². The van der Waals surface area contributed by atoms with Crippen molar-refractivity contribution in [2.24, 2.45) is 0 Å². The molecule has 156 valence electrons. The fourth-order valence-electron chi connectivity index (χ4n) is 3.92. The second-order valence-electron chi connectivity index (χ2n) is 7.66. The average molecular weight is 413 g/mol. The zero-order valence-electron chi connectivity index (χ0n) is 17.3. The van der Waals surface area contributed by atoms with Crippen molar-refractivity contribution in [2.75, 3.05) is 11.9 Å². The lowest BCUT2D eigenvalue weighted by molar-refractivity contribution is -0.129. The van der Waals surface area contributed by atoms with Gasteiger partial charge >= 0.3 is 0 Å². The lowest BCUT2D eigenvalue weighted by Gasteiger charge is -2.18.